The van der Waals surface area contributed by atoms with Crippen LogP contribution in [0.4, 0.5) is 0 Å². The van der Waals surface area contributed by atoms with E-state index in [2.05, 4.69) is 16.6 Å². The van der Waals surface area contributed by atoms with Crippen molar-refractivity contribution in [3.8, 4) is 11.8 Å². The lowest BCUT2D eigenvalue weighted by Crippen LogP contribution is -2.22. The van der Waals surface area contributed by atoms with E-state index in [1.165, 1.54) is 11.3 Å². The number of hydrogen-bond donors (Lipinski definition) is 2. The fourth-order valence-electron chi connectivity index (χ4n) is 1.65. The third kappa shape index (κ3) is 4.69. The zero-order valence-electron chi connectivity index (χ0n) is 11.2. The molecule has 1 heterocycles. The van der Waals surface area contributed by atoms with Crippen molar-refractivity contribution in [2.24, 2.45) is 0 Å². The molecule has 0 unspecified atom stereocenters. The minimum atomic E-state index is -3.45. The first-order chi connectivity index (χ1) is 10.1. The molecule has 2 aromatic rings. The number of hydrogen-bond acceptors (Lipinski definition) is 4. The van der Waals surface area contributed by atoms with Gasteiger partial charge in [0.2, 0.25) is 10.0 Å². The molecule has 21 heavy (non-hydrogen) atoms. The number of thiophene rings is 1. The first kappa shape index (κ1) is 15.7. The van der Waals surface area contributed by atoms with E-state index in [0.29, 0.717) is 10.6 Å². The lowest BCUT2D eigenvalue weighted by Gasteiger charge is -2.05. The molecule has 0 saturated carbocycles. The number of nitrogens with one attached hydrogen (secondary N) is 1. The summed E-state index contributed by atoms with van der Waals surface area (Å²) in [5, 5.41) is 10.4. The molecule has 0 spiro atoms. The van der Waals surface area contributed by atoms with Gasteiger partial charge < -0.3 is 5.11 Å². The van der Waals surface area contributed by atoms with Crippen molar-refractivity contribution in [3.63, 3.8) is 0 Å². The highest BCUT2D eigenvalue weighted by atomic mass is 32.2. The van der Waals surface area contributed by atoms with Crippen molar-refractivity contribution in [3.05, 3.63) is 52.9 Å². The average Bonchev–Trinajstić information content (AvgIpc) is 3.01. The molecule has 0 aliphatic rings. The van der Waals surface area contributed by atoms with Gasteiger partial charge in [-0.15, -0.1) is 11.3 Å². The van der Waals surface area contributed by atoms with E-state index in [-0.39, 0.29) is 13.2 Å². The van der Waals surface area contributed by atoms with Crippen LogP contribution in [-0.2, 0) is 16.6 Å². The molecule has 0 aliphatic carbocycles. The maximum absolute atomic E-state index is 12.0. The Bertz CT molecular complexity index is 741. The normalized spacial score (nSPS) is 10.9. The predicted octanol–water partition coefficient (Wildman–Crippen LogP) is 1.96. The van der Waals surface area contributed by atoms with E-state index in [1.54, 1.807) is 17.5 Å². The Balaban J connectivity index is 2.04. The van der Waals surface area contributed by atoms with Crippen LogP contribution in [0, 0.1) is 11.8 Å². The Morgan fingerprint density at radius 1 is 1.24 bits per heavy atom. The minimum absolute atomic E-state index is 0.0350. The summed E-state index contributed by atoms with van der Waals surface area (Å²) in [5.74, 6) is 5.76. The zero-order chi connectivity index (χ0) is 15.1. The highest BCUT2D eigenvalue weighted by molar-refractivity contribution is 7.91. The van der Waals surface area contributed by atoms with E-state index < -0.39 is 10.0 Å². The molecule has 0 radical (unpaired) electrons. The molecule has 6 heteroatoms. The van der Waals surface area contributed by atoms with Gasteiger partial charge in [-0.2, -0.15) is 0 Å². The molecule has 2 rings (SSSR count). The summed E-state index contributed by atoms with van der Waals surface area (Å²) < 4.78 is 26.9. The van der Waals surface area contributed by atoms with Gasteiger partial charge in [0.15, 0.2) is 0 Å². The second-order valence-electron chi connectivity index (χ2n) is 4.23. The number of benzene rings is 1. The van der Waals surface area contributed by atoms with Crippen LogP contribution in [0.15, 0.2) is 46.0 Å². The monoisotopic (exact) mass is 321 g/mol. The van der Waals surface area contributed by atoms with Crippen molar-refractivity contribution in [2.45, 2.75) is 17.2 Å². The van der Waals surface area contributed by atoms with Gasteiger partial charge in [0.25, 0.3) is 0 Å². The Morgan fingerprint density at radius 3 is 2.81 bits per heavy atom. The summed E-state index contributed by atoms with van der Waals surface area (Å²) in [5.41, 5.74) is 1.64. The van der Waals surface area contributed by atoms with Gasteiger partial charge in [-0.1, -0.05) is 30.0 Å². The van der Waals surface area contributed by atoms with E-state index in [4.69, 9.17) is 5.11 Å². The molecule has 1 aromatic heterocycles. The summed E-state index contributed by atoms with van der Waals surface area (Å²) in [6.07, 6.45) is 0.426. The van der Waals surface area contributed by atoms with Crippen LogP contribution < -0.4 is 4.72 Å². The van der Waals surface area contributed by atoms with Gasteiger partial charge in [0.1, 0.15) is 4.21 Å². The quantitative estimate of drug-likeness (QED) is 0.827. The van der Waals surface area contributed by atoms with E-state index in [0.717, 1.165) is 11.1 Å². The topological polar surface area (TPSA) is 66.4 Å². The number of aliphatic hydroxyl groups excluding tert-OH is 1. The number of rotatable bonds is 5. The third-order valence-electron chi connectivity index (χ3n) is 2.62. The molecule has 0 aliphatic heterocycles. The highest BCUT2D eigenvalue weighted by Gasteiger charge is 2.14. The average molecular weight is 321 g/mol. The fourth-order valence-corrected chi connectivity index (χ4v) is 3.70. The minimum Gasteiger partial charge on any atom is -0.395 e. The van der Waals surface area contributed by atoms with Gasteiger partial charge >= 0.3 is 0 Å². The first-order valence-electron chi connectivity index (χ1n) is 6.34. The summed E-state index contributed by atoms with van der Waals surface area (Å²) in [7, 11) is -3.45. The van der Waals surface area contributed by atoms with Crippen LogP contribution >= 0.6 is 11.3 Å². The van der Waals surface area contributed by atoms with Gasteiger partial charge in [0.05, 0.1) is 6.61 Å². The lowest BCUT2D eigenvalue weighted by molar-refractivity contribution is 0.305. The predicted molar refractivity (Wildman–Crippen MR) is 83.4 cm³/mol. The van der Waals surface area contributed by atoms with Crippen LogP contribution in [0.5, 0.6) is 0 Å². The Hall–Kier alpha value is -1.65. The second kappa shape index (κ2) is 7.38. The molecule has 0 bridgehead atoms. The maximum atomic E-state index is 12.0. The van der Waals surface area contributed by atoms with Crippen molar-refractivity contribution in [2.75, 3.05) is 6.61 Å². The SMILES string of the molecule is O=S(=O)(NCc1cccc(C#CCCO)c1)c1cccs1. The van der Waals surface area contributed by atoms with Gasteiger partial charge in [0, 0.05) is 18.5 Å². The molecule has 0 amide bonds. The largest absolute Gasteiger partial charge is 0.395 e. The lowest BCUT2D eigenvalue weighted by atomic mass is 10.1. The van der Waals surface area contributed by atoms with Crippen LogP contribution in [0.3, 0.4) is 0 Å². The van der Waals surface area contributed by atoms with Crippen LogP contribution in [0.2, 0.25) is 0 Å². The van der Waals surface area contributed by atoms with E-state index >= 15 is 0 Å². The summed E-state index contributed by atoms with van der Waals surface area (Å²) in [6.45, 7) is 0.253. The molecule has 0 atom stereocenters. The summed E-state index contributed by atoms with van der Waals surface area (Å²) in [6, 6.07) is 10.6. The molecule has 1 aromatic carbocycles. The molecule has 0 fully saturated rings. The van der Waals surface area contributed by atoms with Crippen molar-refractivity contribution < 1.29 is 13.5 Å². The Morgan fingerprint density at radius 2 is 2.10 bits per heavy atom. The molecule has 0 saturated heterocycles. The van der Waals surface area contributed by atoms with Crippen molar-refractivity contribution >= 4 is 21.4 Å². The third-order valence-corrected chi connectivity index (χ3v) is 5.42. The molecular weight excluding hydrogens is 306 g/mol. The first-order valence-corrected chi connectivity index (χ1v) is 8.70. The van der Waals surface area contributed by atoms with Gasteiger partial charge in [-0.25, -0.2) is 13.1 Å². The summed E-state index contributed by atoms with van der Waals surface area (Å²) in [4.78, 5) is 0. The van der Waals surface area contributed by atoms with Gasteiger partial charge in [-0.3, -0.25) is 0 Å². The fraction of sp³-hybridized carbons (Fsp3) is 0.200. The van der Waals surface area contributed by atoms with Crippen LogP contribution in [-0.4, -0.2) is 20.1 Å². The standard InChI is InChI=1S/C15H15NO3S2/c17-9-2-1-5-13-6-3-7-14(11-13)12-16-21(18,19)15-8-4-10-20-15/h3-4,6-8,10-11,16-17H,2,9,12H2. The molecule has 4 nitrogen and oxygen atoms in total. The van der Waals surface area contributed by atoms with Crippen LogP contribution in [0.25, 0.3) is 0 Å². The highest BCUT2D eigenvalue weighted by Crippen LogP contribution is 2.16. The van der Waals surface area contributed by atoms with Gasteiger partial charge in [-0.05, 0) is 29.1 Å². The van der Waals surface area contributed by atoms with Crippen LogP contribution in [0.1, 0.15) is 17.5 Å². The number of aliphatic hydroxyl groups is 1. The summed E-state index contributed by atoms with van der Waals surface area (Å²) >= 11 is 1.19. The zero-order valence-corrected chi connectivity index (χ0v) is 12.9. The Labute approximate surface area is 128 Å². The van der Waals surface area contributed by atoms with E-state index in [9.17, 15) is 8.42 Å². The second-order valence-corrected chi connectivity index (χ2v) is 7.17. The van der Waals surface area contributed by atoms with Crippen molar-refractivity contribution in [1.82, 2.24) is 4.72 Å². The Kier molecular flexibility index (Phi) is 5.53. The molecule has 2 N–H and O–H groups in total. The smallest absolute Gasteiger partial charge is 0.250 e. The van der Waals surface area contributed by atoms with E-state index in [1.807, 2.05) is 24.3 Å². The number of sulfonamides is 1. The molecular formula is C15H15NO3S2. The maximum Gasteiger partial charge on any atom is 0.250 e. The molecule has 110 valence electrons. The van der Waals surface area contributed by atoms with Crippen molar-refractivity contribution in [1.29, 1.82) is 0 Å².